The standard InChI is InChI=1S/C14H18ClNO3S/c15-12-5-3-4-11(8-12)9-20-10-13(17)16-7-2-1-6-14(18)19/h3-5,8H,1-2,6-7,9-10H2,(H,16,17)(H,18,19). The van der Waals surface area contributed by atoms with Gasteiger partial charge in [0.1, 0.15) is 0 Å². The van der Waals surface area contributed by atoms with Crippen LogP contribution in [0.25, 0.3) is 0 Å². The van der Waals surface area contributed by atoms with Crippen LogP contribution in [0.1, 0.15) is 24.8 Å². The number of carbonyl (C=O) groups is 2. The van der Waals surface area contributed by atoms with Crippen molar-refractivity contribution >= 4 is 35.2 Å². The highest BCUT2D eigenvalue weighted by atomic mass is 35.5. The molecule has 2 N–H and O–H groups in total. The van der Waals surface area contributed by atoms with E-state index in [0.717, 1.165) is 11.3 Å². The molecule has 0 aliphatic heterocycles. The van der Waals surface area contributed by atoms with Gasteiger partial charge in [0.2, 0.25) is 5.91 Å². The first-order valence-corrected chi connectivity index (χ1v) is 7.92. The number of nitrogens with one attached hydrogen (secondary N) is 1. The van der Waals surface area contributed by atoms with Gasteiger partial charge in [-0.3, -0.25) is 9.59 Å². The molecule has 0 bridgehead atoms. The van der Waals surface area contributed by atoms with Gasteiger partial charge in [0.15, 0.2) is 0 Å². The van der Waals surface area contributed by atoms with E-state index in [4.69, 9.17) is 16.7 Å². The molecule has 4 nitrogen and oxygen atoms in total. The Morgan fingerprint density at radius 1 is 1.30 bits per heavy atom. The maximum atomic E-state index is 11.5. The lowest BCUT2D eigenvalue weighted by Crippen LogP contribution is -2.26. The topological polar surface area (TPSA) is 66.4 Å². The van der Waals surface area contributed by atoms with Crippen LogP contribution in [0.15, 0.2) is 24.3 Å². The molecule has 0 radical (unpaired) electrons. The highest BCUT2D eigenvalue weighted by Crippen LogP contribution is 2.16. The average molecular weight is 316 g/mol. The van der Waals surface area contributed by atoms with Crippen molar-refractivity contribution in [1.29, 1.82) is 0 Å². The number of hydrogen-bond donors (Lipinski definition) is 2. The fourth-order valence-corrected chi connectivity index (χ4v) is 2.59. The van der Waals surface area contributed by atoms with E-state index in [1.54, 1.807) is 0 Å². The fourth-order valence-electron chi connectivity index (χ4n) is 1.57. The van der Waals surface area contributed by atoms with Gasteiger partial charge < -0.3 is 10.4 Å². The van der Waals surface area contributed by atoms with Crippen molar-refractivity contribution < 1.29 is 14.7 Å². The molecule has 0 aromatic heterocycles. The third-order valence-corrected chi connectivity index (χ3v) is 3.77. The number of aliphatic carboxylic acids is 1. The Balaban J connectivity index is 2.07. The van der Waals surface area contributed by atoms with Gasteiger partial charge in [0.05, 0.1) is 5.75 Å². The minimum atomic E-state index is -0.798. The summed E-state index contributed by atoms with van der Waals surface area (Å²) in [6, 6.07) is 7.57. The van der Waals surface area contributed by atoms with Gasteiger partial charge in [0, 0.05) is 23.7 Å². The number of benzene rings is 1. The smallest absolute Gasteiger partial charge is 0.303 e. The Labute approximate surface area is 127 Å². The number of thioether (sulfide) groups is 1. The van der Waals surface area contributed by atoms with E-state index < -0.39 is 5.97 Å². The normalized spacial score (nSPS) is 10.2. The number of unbranched alkanes of at least 4 members (excludes halogenated alkanes) is 1. The third kappa shape index (κ3) is 8.07. The summed E-state index contributed by atoms with van der Waals surface area (Å²) in [5.41, 5.74) is 1.09. The second-order valence-electron chi connectivity index (χ2n) is 4.32. The molecule has 0 aliphatic carbocycles. The van der Waals surface area contributed by atoms with Crippen LogP contribution < -0.4 is 5.32 Å². The lowest BCUT2D eigenvalue weighted by Gasteiger charge is -2.05. The Morgan fingerprint density at radius 2 is 2.10 bits per heavy atom. The van der Waals surface area contributed by atoms with Crippen LogP contribution >= 0.6 is 23.4 Å². The summed E-state index contributed by atoms with van der Waals surface area (Å²) in [5, 5.41) is 11.9. The van der Waals surface area contributed by atoms with E-state index >= 15 is 0 Å². The summed E-state index contributed by atoms with van der Waals surface area (Å²) in [7, 11) is 0. The second kappa shape index (κ2) is 9.66. The van der Waals surface area contributed by atoms with E-state index in [1.807, 2.05) is 24.3 Å². The Kier molecular flexibility index (Phi) is 8.14. The van der Waals surface area contributed by atoms with Crippen LogP contribution in [-0.4, -0.2) is 29.3 Å². The molecule has 0 saturated heterocycles. The van der Waals surface area contributed by atoms with Gasteiger partial charge >= 0.3 is 5.97 Å². The van der Waals surface area contributed by atoms with E-state index in [0.29, 0.717) is 30.2 Å². The van der Waals surface area contributed by atoms with Gasteiger partial charge in [-0.15, -0.1) is 11.8 Å². The number of carboxylic acids is 1. The van der Waals surface area contributed by atoms with Gasteiger partial charge in [-0.1, -0.05) is 23.7 Å². The molecule has 0 aliphatic rings. The van der Waals surface area contributed by atoms with Crippen molar-refractivity contribution in [3.8, 4) is 0 Å². The zero-order chi connectivity index (χ0) is 14.8. The van der Waals surface area contributed by atoms with Crippen molar-refractivity contribution in [2.75, 3.05) is 12.3 Å². The van der Waals surface area contributed by atoms with Gasteiger partial charge in [-0.05, 0) is 30.5 Å². The number of amides is 1. The molecule has 0 fully saturated rings. The van der Waals surface area contributed by atoms with Crippen molar-refractivity contribution in [2.45, 2.75) is 25.0 Å². The van der Waals surface area contributed by atoms with Crippen LogP contribution in [0, 0.1) is 0 Å². The average Bonchev–Trinajstić information content (AvgIpc) is 2.38. The maximum absolute atomic E-state index is 11.5. The number of halogens is 1. The Morgan fingerprint density at radius 3 is 2.80 bits per heavy atom. The lowest BCUT2D eigenvalue weighted by molar-refractivity contribution is -0.137. The number of rotatable bonds is 9. The zero-order valence-electron chi connectivity index (χ0n) is 11.1. The molecule has 6 heteroatoms. The number of carbonyl (C=O) groups excluding carboxylic acids is 1. The molecule has 110 valence electrons. The van der Waals surface area contributed by atoms with Crippen LogP contribution in [0.3, 0.4) is 0 Å². The van der Waals surface area contributed by atoms with Gasteiger partial charge in [-0.2, -0.15) is 0 Å². The summed E-state index contributed by atoms with van der Waals surface area (Å²) in [4.78, 5) is 21.8. The van der Waals surface area contributed by atoms with E-state index in [-0.39, 0.29) is 12.3 Å². The second-order valence-corrected chi connectivity index (χ2v) is 5.75. The molecule has 20 heavy (non-hydrogen) atoms. The van der Waals surface area contributed by atoms with E-state index in [1.165, 1.54) is 11.8 Å². The summed E-state index contributed by atoms with van der Waals surface area (Å²) in [6.45, 7) is 0.532. The van der Waals surface area contributed by atoms with Gasteiger partial charge in [-0.25, -0.2) is 0 Å². The van der Waals surface area contributed by atoms with Crippen LogP contribution in [0.2, 0.25) is 5.02 Å². The minimum Gasteiger partial charge on any atom is -0.481 e. The van der Waals surface area contributed by atoms with E-state index in [2.05, 4.69) is 5.32 Å². The summed E-state index contributed by atoms with van der Waals surface area (Å²) in [5.74, 6) is 0.319. The van der Waals surface area contributed by atoms with Crippen molar-refractivity contribution in [2.24, 2.45) is 0 Å². The molecule has 0 saturated carbocycles. The highest BCUT2D eigenvalue weighted by Gasteiger charge is 2.02. The molecule has 0 atom stereocenters. The van der Waals surface area contributed by atoms with Crippen LogP contribution in [0.4, 0.5) is 0 Å². The molecular weight excluding hydrogens is 298 g/mol. The molecule has 0 spiro atoms. The summed E-state index contributed by atoms with van der Waals surface area (Å²) < 4.78 is 0. The summed E-state index contributed by atoms with van der Waals surface area (Å²) in [6.07, 6.45) is 1.43. The first kappa shape index (κ1) is 16.9. The third-order valence-electron chi connectivity index (χ3n) is 2.53. The quantitative estimate of drug-likeness (QED) is 0.688. The van der Waals surface area contributed by atoms with Crippen molar-refractivity contribution in [3.63, 3.8) is 0 Å². The first-order chi connectivity index (χ1) is 9.58. The molecule has 1 rings (SSSR count). The molecule has 0 unspecified atom stereocenters. The molecule has 1 aromatic rings. The van der Waals surface area contributed by atoms with Gasteiger partial charge in [0.25, 0.3) is 0 Å². The monoisotopic (exact) mass is 315 g/mol. The van der Waals surface area contributed by atoms with Crippen molar-refractivity contribution in [3.05, 3.63) is 34.9 Å². The van der Waals surface area contributed by atoms with E-state index in [9.17, 15) is 9.59 Å². The predicted molar refractivity (Wildman–Crippen MR) is 82.1 cm³/mol. The first-order valence-electron chi connectivity index (χ1n) is 6.38. The molecule has 1 amide bonds. The predicted octanol–water partition coefficient (Wildman–Crippen LogP) is 2.94. The Hall–Kier alpha value is -1.20. The number of carboxylic acid groups (broad SMARTS) is 1. The zero-order valence-corrected chi connectivity index (χ0v) is 12.7. The molecular formula is C14H18ClNO3S. The molecule has 0 heterocycles. The SMILES string of the molecule is O=C(O)CCCCNC(=O)CSCc1cccc(Cl)c1. The minimum absolute atomic E-state index is 0.0210. The lowest BCUT2D eigenvalue weighted by atomic mass is 10.2. The molecule has 1 aromatic carbocycles. The Bertz CT molecular complexity index is 454. The fraction of sp³-hybridized carbons (Fsp3) is 0.429. The van der Waals surface area contributed by atoms with Crippen molar-refractivity contribution in [1.82, 2.24) is 5.32 Å². The van der Waals surface area contributed by atoms with Crippen LogP contribution in [0.5, 0.6) is 0 Å². The van der Waals surface area contributed by atoms with Crippen LogP contribution in [-0.2, 0) is 15.3 Å². The highest BCUT2D eigenvalue weighted by molar-refractivity contribution is 7.99. The largest absolute Gasteiger partial charge is 0.481 e. The maximum Gasteiger partial charge on any atom is 0.303 e. The number of hydrogen-bond acceptors (Lipinski definition) is 3. The summed E-state index contributed by atoms with van der Waals surface area (Å²) >= 11 is 7.40.